The number of anilines is 1. The number of carbonyl (C=O) groups excluding carboxylic acids is 1. The summed E-state index contributed by atoms with van der Waals surface area (Å²) in [6, 6.07) is 2.62. The first kappa shape index (κ1) is 22.7. The van der Waals surface area contributed by atoms with E-state index in [-0.39, 0.29) is 23.0 Å². The summed E-state index contributed by atoms with van der Waals surface area (Å²) in [5.74, 6) is 0.629. The molecule has 0 bridgehead atoms. The van der Waals surface area contributed by atoms with Crippen LogP contribution in [0, 0.1) is 0 Å². The molecule has 1 aromatic heterocycles. The second-order valence-corrected chi connectivity index (χ2v) is 8.34. The molecule has 3 aliphatic rings. The van der Waals surface area contributed by atoms with E-state index in [4.69, 9.17) is 0 Å². The lowest BCUT2D eigenvalue weighted by Crippen LogP contribution is -2.49. The fourth-order valence-electron chi connectivity index (χ4n) is 3.95. The molecule has 2 heterocycles. The third kappa shape index (κ3) is 4.28. The van der Waals surface area contributed by atoms with Crippen molar-refractivity contribution in [1.82, 2.24) is 20.2 Å². The van der Waals surface area contributed by atoms with E-state index < -0.39 is 24.2 Å². The van der Waals surface area contributed by atoms with Crippen molar-refractivity contribution in [3.8, 4) is 0 Å². The second-order valence-electron chi connectivity index (χ2n) is 8.34. The number of hydrogen-bond acceptors (Lipinski definition) is 7. The number of aromatic nitrogens is 1. The zero-order valence-electron chi connectivity index (χ0n) is 18.6. The van der Waals surface area contributed by atoms with Gasteiger partial charge in [-0.05, 0) is 44.7 Å². The number of pyridine rings is 1. The number of carbonyl (C=O) groups is 1. The third-order valence-electron chi connectivity index (χ3n) is 6.33. The van der Waals surface area contributed by atoms with E-state index >= 15 is 0 Å². The molecular weight excluding hydrogens is 429 g/mol. The van der Waals surface area contributed by atoms with E-state index in [1.54, 1.807) is 38.4 Å². The molecule has 1 amide bonds. The monoisotopic (exact) mass is 457 g/mol. The third-order valence-corrected chi connectivity index (χ3v) is 6.33. The zero-order valence-corrected chi connectivity index (χ0v) is 18.6. The Kier molecular flexibility index (Phi) is 6.32. The molecule has 0 saturated heterocycles. The van der Waals surface area contributed by atoms with Gasteiger partial charge in [-0.25, -0.2) is 4.39 Å². The molecular formula is C22H28FN7O3. The number of rotatable bonds is 6. The minimum atomic E-state index is -1.04. The number of aliphatic hydroxyl groups excluding tert-OH is 1. The number of aliphatic hydroxyl groups is 1. The zero-order chi connectivity index (χ0) is 23.7. The molecule has 2 fully saturated rings. The summed E-state index contributed by atoms with van der Waals surface area (Å²) >= 11 is 0. The normalized spacial score (nSPS) is 29.3. The van der Waals surface area contributed by atoms with Gasteiger partial charge in [-0.15, -0.1) is 0 Å². The fraction of sp³-hybridized carbons (Fsp3) is 0.455. The molecule has 4 rings (SSSR count). The Morgan fingerprint density at radius 1 is 1.33 bits per heavy atom. The van der Waals surface area contributed by atoms with Gasteiger partial charge in [-0.3, -0.25) is 14.6 Å². The molecule has 176 valence electrons. The van der Waals surface area contributed by atoms with Gasteiger partial charge in [0.05, 0.1) is 23.8 Å². The van der Waals surface area contributed by atoms with Crippen molar-refractivity contribution in [2.45, 2.75) is 57.0 Å². The molecule has 2 saturated carbocycles. The van der Waals surface area contributed by atoms with Crippen LogP contribution in [0.4, 0.5) is 10.1 Å². The van der Waals surface area contributed by atoms with Crippen molar-refractivity contribution < 1.29 is 14.3 Å². The Balaban J connectivity index is 1.61. The number of alkyl halides is 1. The maximum absolute atomic E-state index is 13.6. The first-order valence-corrected chi connectivity index (χ1v) is 10.9. The second kappa shape index (κ2) is 9.18. The molecule has 0 radical (unpaired) electrons. The van der Waals surface area contributed by atoms with Gasteiger partial charge in [-0.2, -0.15) is 10.1 Å². The summed E-state index contributed by atoms with van der Waals surface area (Å²) in [6.45, 7) is 5.14. The smallest absolute Gasteiger partial charge is 0.274 e. The summed E-state index contributed by atoms with van der Waals surface area (Å²) < 4.78 is 15.1. The van der Waals surface area contributed by atoms with Crippen molar-refractivity contribution in [3.63, 3.8) is 0 Å². The lowest BCUT2D eigenvalue weighted by molar-refractivity contribution is -0.119. The van der Waals surface area contributed by atoms with Crippen LogP contribution >= 0.6 is 0 Å². The van der Waals surface area contributed by atoms with E-state index in [0.29, 0.717) is 36.6 Å². The van der Waals surface area contributed by atoms with Crippen LogP contribution in [0.25, 0.3) is 0 Å². The maximum Gasteiger partial charge on any atom is 0.274 e. The molecule has 0 aromatic carbocycles. The number of aliphatic imine (C=N–C) groups is 1. The molecule has 0 unspecified atom stereocenters. The van der Waals surface area contributed by atoms with E-state index in [9.17, 15) is 19.1 Å². The van der Waals surface area contributed by atoms with Gasteiger partial charge in [0.25, 0.3) is 11.5 Å². The number of nitrogens with zero attached hydrogens (tertiary/aromatic N) is 4. The van der Waals surface area contributed by atoms with Gasteiger partial charge in [0.1, 0.15) is 23.5 Å². The number of amides is 1. The molecule has 2 aliphatic carbocycles. The van der Waals surface area contributed by atoms with Crippen LogP contribution in [0.5, 0.6) is 0 Å². The Morgan fingerprint density at radius 3 is 2.67 bits per heavy atom. The number of hydrogen-bond donors (Lipinski definition) is 4. The highest BCUT2D eigenvalue weighted by Crippen LogP contribution is 2.31. The van der Waals surface area contributed by atoms with Gasteiger partial charge >= 0.3 is 0 Å². The number of amidine groups is 1. The molecule has 0 spiro atoms. The largest absolute Gasteiger partial charge is 0.391 e. The highest BCUT2D eigenvalue weighted by Gasteiger charge is 2.34. The van der Waals surface area contributed by atoms with Gasteiger partial charge in [0.2, 0.25) is 0 Å². The van der Waals surface area contributed by atoms with E-state index in [0.717, 1.165) is 6.42 Å². The predicted molar refractivity (Wildman–Crippen MR) is 123 cm³/mol. The predicted octanol–water partition coefficient (Wildman–Crippen LogP) is 1.19. The quantitative estimate of drug-likeness (QED) is 0.376. The SMILES string of the molecule is C=NN1C(=NC)C=C(Nc2cccn([C@@H]3CC[C@@H]3O)c2=O)N/C1=C(/C)C(=O)N[C@H]1CC[C@@H]1F. The highest BCUT2D eigenvalue weighted by molar-refractivity contribution is 5.99. The van der Waals surface area contributed by atoms with Crippen LogP contribution in [0.2, 0.25) is 0 Å². The standard InChI is InChI=1S/C22H28FN7O3/c1-12(21(32)27-14-7-6-13(14)23)20-28-18(11-19(24-2)30(20)25-3)26-15-5-4-10-29(22(15)33)16-8-9-17(16)31/h4-5,10-11,13-14,16-17,26,28,31H,3,6-9H2,1-2H3,(H,27,32)/b20-12+,24-19?/t13-,14-,16+,17-/m0/s1. The van der Waals surface area contributed by atoms with Crippen LogP contribution in [0.3, 0.4) is 0 Å². The van der Waals surface area contributed by atoms with Crippen molar-refractivity contribution in [2.75, 3.05) is 12.4 Å². The summed E-state index contributed by atoms with van der Waals surface area (Å²) in [5.41, 5.74) is 0.280. The Morgan fingerprint density at radius 2 is 2.12 bits per heavy atom. The van der Waals surface area contributed by atoms with Gasteiger partial charge in [-0.1, -0.05) is 0 Å². The summed E-state index contributed by atoms with van der Waals surface area (Å²) in [4.78, 5) is 29.9. The van der Waals surface area contributed by atoms with Crippen molar-refractivity contribution in [1.29, 1.82) is 0 Å². The van der Waals surface area contributed by atoms with Crippen molar-refractivity contribution in [3.05, 3.63) is 52.0 Å². The van der Waals surface area contributed by atoms with E-state index in [2.05, 4.69) is 32.8 Å². The molecule has 33 heavy (non-hydrogen) atoms. The minimum Gasteiger partial charge on any atom is -0.391 e. The van der Waals surface area contributed by atoms with Crippen molar-refractivity contribution in [2.24, 2.45) is 10.1 Å². The van der Waals surface area contributed by atoms with E-state index in [1.807, 2.05) is 0 Å². The molecule has 4 atom stereocenters. The molecule has 1 aromatic rings. The topological polar surface area (TPSA) is 123 Å². The van der Waals surface area contributed by atoms with Crippen LogP contribution < -0.4 is 21.5 Å². The minimum absolute atomic E-state index is 0.243. The summed E-state index contributed by atoms with van der Waals surface area (Å²) in [7, 11) is 1.57. The highest BCUT2D eigenvalue weighted by atomic mass is 19.1. The van der Waals surface area contributed by atoms with Gasteiger partial charge in [0.15, 0.2) is 5.84 Å². The Labute approximate surface area is 190 Å². The summed E-state index contributed by atoms with van der Waals surface area (Å²) in [6.07, 6.45) is 4.14. The van der Waals surface area contributed by atoms with Crippen LogP contribution in [0.15, 0.2) is 56.5 Å². The van der Waals surface area contributed by atoms with E-state index in [1.165, 1.54) is 9.58 Å². The number of hydrazone groups is 1. The molecule has 1 aliphatic heterocycles. The molecule has 11 heteroatoms. The lowest BCUT2D eigenvalue weighted by atomic mass is 9.89. The van der Waals surface area contributed by atoms with Crippen molar-refractivity contribution >= 4 is 24.1 Å². The first-order chi connectivity index (χ1) is 15.8. The van der Waals surface area contributed by atoms with Gasteiger partial charge < -0.3 is 25.6 Å². The Bertz CT molecular complexity index is 1110. The average Bonchev–Trinajstić information content (AvgIpc) is 2.81. The number of nitrogens with one attached hydrogen (secondary N) is 3. The maximum atomic E-state index is 13.6. The first-order valence-electron chi connectivity index (χ1n) is 10.9. The molecule has 4 N–H and O–H groups in total. The Hall–Kier alpha value is -3.47. The van der Waals surface area contributed by atoms with Crippen LogP contribution in [-0.4, -0.2) is 58.5 Å². The lowest BCUT2D eigenvalue weighted by Gasteiger charge is -2.34. The molecule has 10 nitrogen and oxygen atoms in total. The van der Waals surface area contributed by atoms with Crippen LogP contribution in [0.1, 0.15) is 38.6 Å². The fourth-order valence-corrected chi connectivity index (χ4v) is 3.95. The van der Waals surface area contributed by atoms with Crippen LogP contribution in [-0.2, 0) is 4.79 Å². The number of halogens is 1. The summed E-state index contributed by atoms with van der Waals surface area (Å²) in [5, 5.41) is 24.1. The average molecular weight is 458 g/mol. The van der Waals surface area contributed by atoms with Gasteiger partial charge in [0, 0.05) is 26.0 Å².